The van der Waals surface area contributed by atoms with Gasteiger partial charge in [0.25, 0.3) is 0 Å². The Kier molecular flexibility index (Phi) is 2.76. The van der Waals surface area contributed by atoms with Gasteiger partial charge in [0.05, 0.1) is 11.2 Å². The van der Waals surface area contributed by atoms with Gasteiger partial charge in [0.1, 0.15) is 0 Å². The van der Waals surface area contributed by atoms with Gasteiger partial charge in [-0.1, -0.05) is 42.5 Å². The van der Waals surface area contributed by atoms with E-state index < -0.39 is 0 Å². The molecule has 88 valence electrons. The highest BCUT2D eigenvalue weighted by atomic mass is 32.1. The number of benzene rings is 2. The molecule has 0 fully saturated rings. The highest BCUT2D eigenvalue weighted by Crippen LogP contribution is 2.28. The van der Waals surface area contributed by atoms with Crippen LogP contribution in [0.2, 0.25) is 0 Å². The summed E-state index contributed by atoms with van der Waals surface area (Å²) in [4.78, 5) is 8.83. The van der Waals surface area contributed by atoms with Gasteiger partial charge in [-0.2, -0.15) is 0 Å². The van der Waals surface area contributed by atoms with Crippen molar-refractivity contribution in [3.05, 3.63) is 54.1 Å². The van der Waals surface area contributed by atoms with Crippen LogP contribution in [0.25, 0.3) is 22.2 Å². The molecule has 0 aliphatic carbocycles. The zero-order chi connectivity index (χ0) is 12.5. The summed E-state index contributed by atoms with van der Waals surface area (Å²) in [7, 11) is 0. The summed E-state index contributed by atoms with van der Waals surface area (Å²) in [5.41, 5.74) is 4.21. The second kappa shape index (κ2) is 4.42. The number of hydrogen-bond donors (Lipinski definition) is 1. The van der Waals surface area contributed by atoms with Gasteiger partial charge in [0.15, 0.2) is 5.16 Å². The fourth-order valence-electron chi connectivity index (χ4n) is 2.11. The highest BCUT2D eigenvalue weighted by molar-refractivity contribution is 7.80. The Morgan fingerprint density at radius 1 is 0.889 bits per heavy atom. The van der Waals surface area contributed by atoms with Crippen LogP contribution in [-0.4, -0.2) is 9.97 Å². The number of nitrogens with zero attached hydrogens (tertiary/aromatic N) is 2. The van der Waals surface area contributed by atoms with E-state index >= 15 is 0 Å². The van der Waals surface area contributed by atoms with Crippen molar-refractivity contribution < 1.29 is 0 Å². The van der Waals surface area contributed by atoms with Gasteiger partial charge in [-0.15, -0.1) is 12.6 Å². The van der Waals surface area contributed by atoms with E-state index in [1.807, 2.05) is 36.4 Å². The van der Waals surface area contributed by atoms with Crippen molar-refractivity contribution in [2.75, 3.05) is 0 Å². The van der Waals surface area contributed by atoms with Gasteiger partial charge in [0.2, 0.25) is 0 Å². The Balaban J connectivity index is 2.39. The fraction of sp³-hybridized carbons (Fsp3) is 0.0667. The van der Waals surface area contributed by atoms with Gasteiger partial charge in [-0.05, 0) is 18.6 Å². The zero-order valence-corrected chi connectivity index (χ0v) is 10.9. The molecule has 3 aromatic rings. The molecule has 0 saturated heterocycles. The van der Waals surface area contributed by atoms with E-state index in [2.05, 4.69) is 41.7 Å². The molecule has 3 rings (SSSR count). The first-order valence-electron chi connectivity index (χ1n) is 5.77. The van der Waals surface area contributed by atoms with Crippen LogP contribution in [0.5, 0.6) is 0 Å². The Bertz CT molecular complexity index is 723. The molecule has 0 saturated carbocycles. The smallest absolute Gasteiger partial charge is 0.185 e. The minimum atomic E-state index is 0.506. The fourth-order valence-corrected chi connectivity index (χ4v) is 2.32. The van der Waals surface area contributed by atoms with Crippen LogP contribution in [0.1, 0.15) is 5.56 Å². The van der Waals surface area contributed by atoms with Gasteiger partial charge in [-0.3, -0.25) is 0 Å². The molecule has 0 aliphatic heterocycles. The van der Waals surface area contributed by atoms with Crippen molar-refractivity contribution in [2.24, 2.45) is 0 Å². The summed E-state index contributed by atoms with van der Waals surface area (Å²) >= 11 is 4.29. The van der Waals surface area contributed by atoms with Crippen molar-refractivity contribution in [1.29, 1.82) is 0 Å². The maximum Gasteiger partial charge on any atom is 0.185 e. The van der Waals surface area contributed by atoms with Crippen LogP contribution in [-0.2, 0) is 0 Å². The van der Waals surface area contributed by atoms with Gasteiger partial charge in [0, 0.05) is 10.9 Å². The van der Waals surface area contributed by atoms with Gasteiger partial charge in [-0.25, -0.2) is 9.97 Å². The Morgan fingerprint density at radius 3 is 2.44 bits per heavy atom. The van der Waals surface area contributed by atoms with Crippen molar-refractivity contribution in [2.45, 2.75) is 12.1 Å². The van der Waals surface area contributed by atoms with E-state index in [1.54, 1.807) is 0 Å². The number of fused-ring (bicyclic) bond motifs is 1. The Hall–Kier alpha value is -1.87. The number of thiol groups is 1. The SMILES string of the molecule is Cc1ccccc1-c1nc(S)nc2ccccc12. The number of rotatable bonds is 1. The molecular formula is C15H12N2S. The molecule has 0 amide bonds. The van der Waals surface area contributed by atoms with Crippen LogP contribution in [0, 0.1) is 6.92 Å². The normalized spacial score (nSPS) is 10.8. The minimum Gasteiger partial charge on any atom is -0.223 e. The quantitative estimate of drug-likeness (QED) is 0.525. The lowest BCUT2D eigenvalue weighted by Gasteiger charge is -2.08. The number of aromatic nitrogens is 2. The third-order valence-electron chi connectivity index (χ3n) is 2.99. The lowest BCUT2D eigenvalue weighted by molar-refractivity contribution is 1.02. The summed E-state index contributed by atoms with van der Waals surface area (Å²) in [6.45, 7) is 2.09. The zero-order valence-electron chi connectivity index (χ0n) is 9.96. The summed E-state index contributed by atoms with van der Waals surface area (Å²) in [5.74, 6) is 0. The molecule has 0 unspecified atom stereocenters. The van der Waals surface area contributed by atoms with Crippen LogP contribution < -0.4 is 0 Å². The molecule has 0 bridgehead atoms. The lowest BCUT2D eigenvalue weighted by Crippen LogP contribution is -1.93. The molecule has 18 heavy (non-hydrogen) atoms. The van der Waals surface area contributed by atoms with E-state index in [-0.39, 0.29) is 0 Å². The maximum absolute atomic E-state index is 4.49. The van der Waals surface area contributed by atoms with Crippen molar-refractivity contribution >= 4 is 23.5 Å². The summed E-state index contributed by atoms with van der Waals surface area (Å²) in [5, 5.41) is 1.57. The minimum absolute atomic E-state index is 0.506. The maximum atomic E-state index is 4.49. The predicted octanol–water partition coefficient (Wildman–Crippen LogP) is 3.89. The van der Waals surface area contributed by atoms with Crippen LogP contribution in [0.4, 0.5) is 0 Å². The molecule has 0 N–H and O–H groups in total. The molecule has 0 spiro atoms. The largest absolute Gasteiger partial charge is 0.223 e. The second-order valence-corrected chi connectivity index (χ2v) is 4.60. The predicted molar refractivity (Wildman–Crippen MR) is 77.0 cm³/mol. The van der Waals surface area contributed by atoms with Crippen LogP contribution in [0.3, 0.4) is 0 Å². The third kappa shape index (κ3) is 1.87. The van der Waals surface area contributed by atoms with E-state index in [1.165, 1.54) is 5.56 Å². The molecule has 0 aliphatic rings. The molecule has 0 radical (unpaired) electrons. The lowest BCUT2D eigenvalue weighted by atomic mass is 10.0. The third-order valence-corrected chi connectivity index (χ3v) is 3.19. The number of para-hydroxylation sites is 1. The summed E-state index contributed by atoms with van der Waals surface area (Å²) in [6, 6.07) is 16.2. The van der Waals surface area contributed by atoms with E-state index in [0.717, 1.165) is 22.2 Å². The Morgan fingerprint density at radius 2 is 1.61 bits per heavy atom. The summed E-state index contributed by atoms with van der Waals surface area (Å²) in [6.07, 6.45) is 0. The molecular weight excluding hydrogens is 240 g/mol. The van der Waals surface area contributed by atoms with E-state index in [0.29, 0.717) is 5.16 Å². The van der Waals surface area contributed by atoms with Crippen molar-refractivity contribution in [1.82, 2.24) is 9.97 Å². The topological polar surface area (TPSA) is 25.8 Å². The molecule has 2 aromatic carbocycles. The number of aryl methyl sites for hydroxylation is 1. The first-order valence-corrected chi connectivity index (χ1v) is 6.22. The van der Waals surface area contributed by atoms with Crippen LogP contribution in [0.15, 0.2) is 53.7 Å². The first kappa shape index (κ1) is 11.2. The average molecular weight is 252 g/mol. The van der Waals surface area contributed by atoms with Gasteiger partial charge < -0.3 is 0 Å². The Labute approximate surface area is 111 Å². The van der Waals surface area contributed by atoms with Gasteiger partial charge >= 0.3 is 0 Å². The second-order valence-electron chi connectivity index (χ2n) is 4.20. The highest BCUT2D eigenvalue weighted by Gasteiger charge is 2.09. The van der Waals surface area contributed by atoms with Crippen LogP contribution >= 0.6 is 12.6 Å². The molecule has 0 atom stereocenters. The average Bonchev–Trinajstić information content (AvgIpc) is 2.38. The van der Waals surface area contributed by atoms with Crippen molar-refractivity contribution in [3.63, 3.8) is 0 Å². The standard InChI is InChI=1S/C15H12N2S/c1-10-6-2-3-7-11(10)14-12-8-4-5-9-13(12)16-15(18)17-14/h2-9H,1H3,(H,16,17,18). The molecule has 1 heterocycles. The molecule has 1 aromatic heterocycles. The van der Waals surface area contributed by atoms with E-state index in [9.17, 15) is 0 Å². The monoisotopic (exact) mass is 252 g/mol. The van der Waals surface area contributed by atoms with E-state index in [4.69, 9.17) is 0 Å². The molecule has 3 heteroatoms. The van der Waals surface area contributed by atoms with Crippen molar-refractivity contribution in [3.8, 4) is 11.3 Å². The first-order chi connectivity index (χ1) is 8.75. The number of hydrogen-bond acceptors (Lipinski definition) is 3. The molecule has 2 nitrogen and oxygen atoms in total. The summed E-state index contributed by atoms with van der Waals surface area (Å²) < 4.78 is 0.